The van der Waals surface area contributed by atoms with Crippen molar-refractivity contribution in [1.29, 1.82) is 0 Å². The summed E-state index contributed by atoms with van der Waals surface area (Å²) in [5, 5.41) is 6.00. The van der Waals surface area contributed by atoms with E-state index in [4.69, 9.17) is 11.6 Å². The number of carbonyl (C=O) groups excluding carboxylic acids is 1. The fourth-order valence-corrected chi connectivity index (χ4v) is 2.06. The van der Waals surface area contributed by atoms with Gasteiger partial charge >= 0.3 is 6.18 Å². The van der Waals surface area contributed by atoms with E-state index in [9.17, 15) is 18.0 Å². The van der Waals surface area contributed by atoms with Crippen LogP contribution in [-0.2, 0) is 17.5 Å². The van der Waals surface area contributed by atoms with Gasteiger partial charge in [-0.25, -0.2) is 0 Å². The quantitative estimate of drug-likeness (QED) is 0.859. The Labute approximate surface area is 136 Å². The topological polar surface area (TPSA) is 41.1 Å². The second kappa shape index (κ2) is 7.37. The second-order valence-electron chi connectivity index (χ2n) is 4.80. The maximum absolute atomic E-state index is 12.4. The van der Waals surface area contributed by atoms with Gasteiger partial charge < -0.3 is 10.6 Å². The number of hydrogen-bond donors (Lipinski definition) is 2. The highest BCUT2D eigenvalue weighted by Gasteiger charge is 2.29. The number of carbonyl (C=O) groups is 1. The predicted octanol–water partition coefficient (Wildman–Crippen LogP) is 4.09. The van der Waals surface area contributed by atoms with E-state index in [2.05, 4.69) is 10.6 Å². The van der Waals surface area contributed by atoms with Crippen LogP contribution in [0.3, 0.4) is 0 Å². The van der Waals surface area contributed by atoms with Gasteiger partial charge in [-0.3, -0.25) is 4.79 Å². The summed E-state index contributed by atoms with van der Waals surface area (Å²) in [5.74, 6) is -0.287. The van der Waals surface area contributed by atoms with Gasteiger partial charge in [0.1, 0.15) is 0 Å². The SMILES string of the molecule is O=C(CNc1ccc(C(F)(F)F)cc1)NCc1ccccc1Cl. The van der Waals surface area contributed by atoms with Crippen LogP contribution in [0.5, 0.6) is 0 Å². The van der Waals surface area contributed by atoms with Crippen molar-refractivity contribution in [3.8, 4) is 0 Å². The molecule has 0 heterocycles. The van der Waals surface area contributed by atoms with Gasteiger partial charge in [-0.2, -0.15) is 13.2 Å². The van der Waals surface area contributed by atoms with E-state index in [1.165, 1.54) is 12.1 Å². The predicted molar refractivity (Wildman–Crippen MR) is 83.2 cm³/mol. The average Bonchev–Trinajstić information content (AvgIpc) is 2.51. The molecule has 0 aliphatic rings. The lowest BCUT2D eigenvalue weighted by atomic mass is 10.2. The maximum Gasteiger partial charge on any atom is 0.416 e. The Morgan fingerprint density at radius 1 is 1.04 bits per heavy atom. The molecule has 0 spiro atoms. The van der Waals surface area contributed by atoms with Gasteiger partial charge in [0.25, 0.3) is 0 Å². The van der Waals surface area contributed by atoms with Gasteiger partial charge in [0, 0.05) is 17.3 Å². The lowest BCUT2D eigenvalue weighted by Gasteiger charge is -2.10. The standard InChI is InChI=1S/C16H14ClF3N2O/c17-14-4-2-1-3-11(14)9-22-15(23)10-21-13-7-5-12(6-8-13)16(18,19)20/h1-8,21H,9-10H2,(H,22,23). The third kappa shape index (κ3) is 5.17. The minimum absolute atomic E-state index is 0.0458. The van der Waals surface area contributed by atoms with Crippen molar-refractivity contribution in [1.82, 2.24) is 5.32 Å². The monoisotopic (exact) mass is 342 g/mol. The Morgan fingerprint density at radius 2 is 1.70 bits per heavy atom. The van der Waals surface area contributed by atoms with Crippen LogP contribution in [0.2, 0.25) is 5.02 Å². The molecular weight excluding hydrogens is 329 g/mol. The van der Waals surface area contributed by atoms with Crippen molar-refractivity contribution in [3.63, 3.8) is 0 Å². The van der Waals surface area contributed by atoms with E-state index in [1.807, 2.05) is 6.07 Å². The Morgan fingerprint density at radius 3 is 2.30 bits per heavy atom. The molecule has 0 saturated heterocycles. The van der Waals surface area contributed by atoms with Crippen LogP contribution < -0.4 is 10.6 Å². The molecule has 0 radical (unpaired) electrons. The minimum atomic E-state index is -4.37. The first-order valence-corrected chi connectivity index (χ1v) is 7.15. The molecular formula is C16H14ClF3N2O. The zero-order valence-corrected chi connectivity index (χ0v) is 12.7. The number of alkyl halides is 3. The number of rotatable bonds is 5. The van der Waals surface area contributed by atoms with Crippen molar-refractivity contribution in [2.45, 2.75) is 12.7 Å². The summed E-state index contributed by atoms with van der Waals surface area (Å²) in [6, 6.07) is 11.6. The van der Waals surface area contributed by atoms with Crippen LogP contribution in [0, 0.1) is 0 Å². The fourth-order valence-electron chi connectivity index (χ4n) is 1.86. The Bertz CT molecular complexity index is 672. The molecule has 0 atom stereocenters. The minimum Gasteiger partial charge on any atom is -0.376 e. The number of nitrogens with one attached hydrogen (secondary N) is 2. The summed E-state index contributed by atoms with van der Waals surface area (Å²) >= 11 is 5.97. The van der Waals surface area contributed by atoms with Crippen molar-refractivity contribution < 1.29 is 18.0 Å². The number of benzene rings is 2. The highest BCUT2D eigenvalue weighted by Crippen LogP contribution is 2.29. The number of halogens is 4. The zero-order chi connectivity index (χ0) is 16.9. The molecule has 7 heteroatoms. The Hall–Kier alpha value is -2.21. The van der Waals surface area contributed by atoms with E-state index < -0.39 is 11.7 Å². The van der Waals surface area contributed by atoms with Gasteiger partial charge in [0.05, 0.1) is 12.1 Å². The van der Waals surface area contributed by atoms with Crippen LogP contribution in [0.25, 0.3) is 0 Å². The molecule has 0 aromatic heterocycles. The molecule has 0 aliphatic carbocycles. The number of amides is 1. The molecule has 3 nitrogen and oxygen atoms in total. The Kier molecular flexibility index (Phi) is 5.50. The molecule has 23 heavy (non-hydrogen) atoms. The number of hydrogen-bond acceptors (Lipinski definition) is 2. The number of anilines is 1. The summed E-state index contributed by atoms with van der Waals surface area (Å²) in [7, 11) is 0. The first kappa shape index (κ1) is 17.1. The molecule has 2 rings (SSSR count). The normalized spacial score (nSPS) is 11.1. The Balaban J connectivity index is 1.81. The van der Waals surface area contributed by atoms with Crippen molar-refractivity contribution in [2.75, 3.05) is 11.9 Å². The van der Waals surface area contributed by atoms with Gasteiger partial charge in [0.2, 0.25) is 5.91 Å². The largest absolute Gasteiger partial charge is 0.416 e. The van der Waals surface area contributed by atoms with Crippen LogP contribution in [0.15, 0.2) is 48.5 Å². The molecule has 0 unspecified atom stereocenters. The van der Waals surface area contributed by atoms with E-state index in [0.29, 0.717) is 10.7 Å². The highest BCUT2D eigenvalue weighted by atomic mass is 35.5. The summed E-state index contributed by atoms with van der Waals surface area (Å²) < 4.78 is 37.3. The van der Waals surface area contributed by atoms with Gasteiger partial charge in [0.15, 0.2) is 0 Å². The van der Waals surface area contributed by atoms with E-state index >= 15 is 0 Å². The molecule has 0 saturated carbocycles. The van der Waals surface area contributed by atoms with E-state index in [1.54, 1.807) is 18.2 Å². The third-order valence-corrected chi connectivity index (χ3v) is 3.47. The van der Waals surface area contributed by atoms with Crippen molar-refractivity contribution in [3.05, 3.63) is 64.7 Å². The second-order valence-corrected chi connectivity index (χ2v) is 5.20. The summed E-state index contributed by atoms with van der Waals surface area (Å²) in [6.45, 7) is 0.239. The van der Waals surface area contributed by atoms with E-state index in [0.717, 1.165) is 17.7 Å². The van der Waals surface area contributed by atoms with Crippen molar-refractivity contribution in [2.24, 2.45) is 0 Å². The van der Waals surface area contributed by atoms with Crippen molar-refractivity contribution >= 4 is 23.2 Å². The molecule has 0 bridgehead atoms. The fraction of sp³-hybridized carbons (Fsp3) is 0.188. The smallest absolute Gasteiger partial charge is 0.376 e. The molecule has 0 aliphatic heterocycles. The average molecular weight is 343 g/mol. The van der Waals surface area contributed by atoms with Crippen LogP contribution >= 0.6 is 11.6 Å². The van der Waals surface area contributed by atoms with Gasteiger partial charge in [-0.1, -0.05) is 29.8 Å². The molecule has 1 amide bonds. The maximum atomic E-state index is 12.4. The first-order chi connectivity index (χ1) is 10.9. The molecule has 2 aromatic rings. The van der Waals surface area contributed by atoms with Crippen LogP contribution in [0.4, 0.5) is 18.9 Å². The summed E-state index contributed by atoms with van der Waals surface area (Å²) in [6.07, 6.45) is -4.37. The first-order valence-electron chi connectivity index (χ1n) is 6.77. The molecule has 122 valence electrons. The van der Waals surface area contributed by atoms with Crippen LogP contribution in [0.1, 0.15) is 11.1 Å². The zero-order valence-electron chi connectivity index (χ0n) is 12.0. The highest BCUT2D eigenvalue weighted by molar-refractivity contribution is 6.31. The van der Waals surface area contributed by atoms with Gasteiger partial charge in [-0.05, 0) is 35.9 Å². The lowest BCUT2D eigenvalue weighted by molar-refractivity contribution is -0.137. The molecule has 2 aromatic carbocycles. The summed E-state index contributed by atoms with van der Waals surface area (Å²) in [4.78, 5) is 11.7. The lowest BCUT2D eigenvalue weighted by Crippen LogP contribution is -2.29. The molecule has 2 N–H and O–H groups in total. The van der Waals surface area contributed by atoms with E-state index in [-0.39, 0.29) is 19.0 Å². The van der Waals surface area contributed by atoms with Crippen LogP contribution in [-0.4, -0.2) is 12.5 Å². The summed E-state index contributed by atoms with van der Waals surface area (Å²) in [5.41, 5.74) is 0.495. The van der Waals surface area contributed by atoms with Gasteiger partial charge in [-0.15, -0.1) is 0 Å². The third-order valence-electron chi connectivity index (χ3n) is 3.10. The molecule has 0 fully saturated rings.